The van der Waals surface area contributed by atoms with Crippen LogP contribution in [-0.4, -0.2) is 31.1 Å². The number of hydrogen-bond acceptors (Lipinski definition) is 4. The second kappa shape index (κ2) is 6.08. The third-order valence-corrected chi connectivity index (χ3v) is 3.80. The number of amides is 1. The summed E-state index contributed by atoms with van der Waals surface area (Å²) in [4.78, 5) is 24.2. The lowest BCUT2D eigenvalue weighted by atomic mass is 9.81. The Labute approximate surface area is 113 Å². The van der Waals surface area contributed by atoms with Gasteiger partial charge in [0.15, 0.2) is 5.76 Å². The molecule has 1 aliphatic heterocycles. The third kappa shape index (κ3) is 3.08. The van der Waals surface area contributed by atoms with Gasteiger partial charge >= 0.3 is 5.97 Å². The number of ether oxygens (including phenoxy) is 2. The van der Waals surface area contributed by atoms with Gasteiger partial charge in [0, 0.05) is 0 Å². The summed E-state index contributed by atoms with van der Waals surface area (Å²) < 4.78 is 10.2. The van der Waals surface area contributed by atoms with Gasteiger partial charge in [0.25, 0.3) is 5.91 Å². The molecule has 5 nitrogen and oxygen atoms in total. The predicted octanol–water partition coefficient (Wildman–Crippen LogP) is 1.67. The summed E-state index contributed by atoms with van der Waals surface area (Å²) in [5, 5.41) is 2.85. The molecule has 0 bridgehead atoms. The maximum absolute atomic E-state index is 12.2. The van der Waals surface area contributed by atoms with E-state index < -0.39 is 5.54 Å². The number of nitrogens with one attached hydrogen (secondary N) is 1. The Morgan fingerprint density at radius 1 is 1.26 bits per heavy atom. The van der Waals surface area contributed by atoms with Crippen LogP contribution in [0.15, 0.2) is 11.8 Å². The lowest BCUT2D eigenvalue weighted by Gasteiger charge is -2.35. The second-order valence-corrected chi connectivity index (χ2v) is 5.15. The molecule has 1 heterocycles. The van der Waals surface area contributed by atoms with E-state index in [1.54, 1.807) is 6.08 Å². The van der Waals surface area contributed by atoms with Crippen molar-refractivity contribution in [3.05, 3.63) is 11.8 Å². The van der Waals surface area contributed by atoms with Crippen molar-refractivity contribution in [3.63, 3.8) is 0 Å². The normalized spacial score (nSPS) is 21.8. The molecule has 1 saturated carbocycles. The Kier molecular flexibility index (Phi) is 4.45. The average molecular weight is 267 g/mol. The first kappa shape index (κ1) is 13.9. The smallest absolute Gasteiger partial charge is 0.331 e. The molecule has 1 N–H and O–H groups in total. The Morgan fingerprint density at radius 2 is 2.00 bits per heavy atom. The van der Waals surface area contributed by atoms with E-state index in [1.165, 1.54) is 7.11 Å². The molecule has 0 saturated heterocycles. The molecule has 0 aromatic carbocycles. The molecule has 0 atom stereocenters. The van der Waals surface area contributed by atoms with Gasteiger partial charge in [-0.25, -0.2) is 4.79 Å². The van der Waals surface area contributed by atoms with Crippen molar-refractivity contribution in [3.8, 4) is 0 Å². The third-order valence-electron chi connectivity index (χ3n) is 3.80. The van der Waals surface area contributed by atoms with Crippen LogP contribution in [0.3, 0.4) is 0 Å². The van der Waals surface area contributed by atoms with Crippen LogP contribution < -0.4 is 5.32 Å². The van der Waals surface area contributed by atoms with Crippen molar-refractivity contribution in [2.24, 2.45) is 0 Å². The fourth-order valence-corrected chi connectivity index (χ4v) is 2.73. The molecular weight excluding hydrogens is 246 g/mol. The highest BCUT2D eigenvalue weighted by molar-refractivity contribution is 5.96. The zero-order valence-electron chi connectivity index (χ0n) is 11.4. The maximum atomic E-state index is 12.2. The lowest BCUT2D eigenvalue weighted by molar-refractivity contribution is -0.152. The van der Waals surface area contributed by atoms with Gasteiger partial charge in [-0.1, -0.05) is 19.3 Å². The van der Waals surface area contributed by atoms with Crippen LogP contribution in [-0.2, 0) is 19.1 Å². The van der Waals surface area contributed by atoms with Crippen molar-refractivity contribution < 1.29 is 19.1 Å². The quantitative estimate of drug-likeness (QED) is 0.790. The van der Waals surface area contributed by atoms with E-state index in [0.29, 0.717) is 25.2 Å². The predicted molar refractivity (Wildman–Crippen MR) is 69.2 cm³/mol. The van der Waals surface area contributed by atoms with Crippen LogP contribution in [0.2, 0.25) is 0 Å². The maximum Gasteiger partial charge on any atom is 0.331 e. The van der Waals surface area contributed by atoms with Crippen LogP contribution in [0.25, 0.3) is 0 Å². The second-order valence-electron chi connectivity index (χ2n) is 5.15. The van der Waals surface area contributed by atoms with Crippen LogP contribution >= 0.6 is 0 Å². The van der Waals surface area contributed by atoms with Gasteiger partial charge in [0.1, 0.15) is 5.54 Å². The molecule has 0 unspecified atom stereocenters. The van der Waals surface area contributed by atoms with Gasteiger partial charge < -0.3 is 14.8 Å². The van der Waals surface area contributed by atoms with Gasteiger partial charge in [0.2, 0.25) is 0 Å². The summed E-state index contributed by atoms with van der Waals surface area (Å²) in [6.07, 6.45) is 7.77. The molecule has 2 rings (SSSR count). The number of allylic oxidation sites excluding steroid dienone is 1. The average Bonchev–Trinajstić information content (AvgIpc) is 2.48. The van der Waals surface area contributed by atoms with Crippen LogP contribution in [0.4, 0.5) is 0 Å². The molecule has 1 fully saturated rings. The molecule has 19 heavy (non-hydrogen) atoms. The van der Waals surface area contributed by atoms with Gasteiger partial charge in [0.05, 0.1) is 13.7 Å². The molecule has 0 radical (unpaired) electrons. The van der Waals surface area contributed by atoms with Crippen molar-refractivity contribution in [1.29, 1.82) is 0 Å². The minimum absolute atomic E-state index is 0.299. The number of rotatable bonds is 3. The van der Waals surface area contributed by atoms with Crippen molar-refractivity contribution in [2.75, 3.05) is 13.7 Å². The Hall–Kier alpha value is -1.52. The standard InChI is InChI=1S/C14H21NO4/c1-18-13(17)14(8-4-2-5-9-14)15-12(16)11-7-3-6-10-19-11/h7H,2-6,8-10H2,1H3,(H,15,16). The highest BCUT2D eigenvalue weighted by atomic mass is 16.5. The SMILES string of the molecule is COC(=O)C1(NC(=O)C2=CCCCO2)CCCCC1. The van der Waals surface area contributed by atoms with Crippen LogP contribution in [0.5, 0.6) is 0 Å². The number of carbonyl (C=O) groups excluding carboxylic acids is 2. The number of methoxy groups -OCH3 is 1. The summed E-state index contributed by atoms with van der Waals surface area (Å²) >= 11 is 0. The van der Waals surface area contributed by atoms with Crippen LogP contribution in [0.1, 0.15) is 44.9 Å². The molecule has 0 aromatic rings. The molecule has 1 amide bonds. The fraction of sp³-hybridized carbons (Fsp3) is 0.714. The van der Waals surface area contributed by atoms with Crippen molar-refractivity contribution >= 4 is 11.9 Å². The topological polar surface area (TPSA) is 64.6 Å². The first-order valence-electron chi connectivity index (χ1n) is 6.92. The molecule has 0 aromatic heterocycles. The highest BCUT2D eigenvalue weighted by Crippen LogP contribution is 2.30. The van der Waals surface area contributed by atoms with Gasteiger partial charge in [-0.05, 0) is 31.8 Å². The van der Waals surface area contributed by atoms with Gasteiger partial charge in [-0.15, -0.1) is 0 Å². The zero-order chi connectivity index (χ0) is 13.7. The van der Waals surface area contributed by atoms with E-state index in [4.69, 9.17) is 9.47 Å². The molecule has 106 valence electrons. The largest absolute Gasteiger partial charge is 0.488 e. The molecular formula is C14H21NO4. The molecule has 5 heteroatoms. The molecule has 0 spiro atoms. The molecule has 2 aliphatic rings. The van der Waals surface area contributed by atoms with Crippen molar-refractivity contribution in [2.45, 2.75) is 50.5 Å². The Morgan fingerprint density at radius 3 is 2.58 bits per heavy atom. The van der Waals surface area contributed by atoms with Gasteiger partial charge in [-0.3, -0.25) is 4.79 Å². The summed E-state index contributed by atoms with van der Waals surface area (Å²) in [5.74, 6) is -0.316. The Balaban J connectivity index is 2.09. The van der Waals surface area contributed by atoms with Crippen molar-refractivity contribution in [1.82, 2.24) is 5.32 Å². The van der Waals surface area contributed by atoms with E-state index in [-0.39, 0.29) is 11.9 Å². The van der Waals surface area contributed by atoms with Gasteiger partial charge in [-0.2, -0.15) is 0 Å². The van der Waals surface area contributed by atoms with Crippen LogP contribution in [0, 0.1) is 0 Å². The number of carbonyl (C=O) groups is 2. The summed E-state index contributed by atoms with van der Waals surface area (Å²) in [6.45, 7) is 0.560. The van der Waals surface area contributed by atoms with E-state index in [9.17, 15) is 9.59 Å². The minimum atomic E-state index is -0.869. The summed E-state index contributed by atoms with van der Waals surface area (Å²) in [6, 6.07) is 0. The fourth-order valence-electron chi connectivity index (χ4n) is 2.73. The first-order chi connectivity index (χ1) is 9.18. The first-order valence-corrected chi connectivity index (χ1v) is 6.92. The van der Waals surface area contributed by atoms with E-state index in [2.05, 4.69) is 5.32 Å². The monoisotopic (exact) mass is 267 g/mol. The number of hydrogen-bond donors (Lipinski definition) is 1. The van der Waals surface area contributed by atoms with E-state index in [1.807, 2.05) is 0 Å². The van der Waals surface area contributed by atoms with E-state index in [0.717, 1.165) is 32.1 Å². The summed E-state index contributed by atoms with van der Waals surface area (Å²) in [5.41, 5.74) is -0.869. The van der Waals surface area contributed by atoms with E-state index >= 15 is 0 Å². The summed E-state index contributed by atoms with van der Waals surface area (Å²) in [7, 11) is 1.36. The Bertz CT molecular complexity index is 383. The highest BCUT2D eigenvalue weighted by Gasteiger charge is 2.42. The minimum Gasteiger partial charge on any atom is -0.488 e. The number of esters is 1. The molecule has 1 aliphatic carbocycles. The lowest BCUT2D eigenvalue weighted by Crippen LogP contribution is -2.56. The zero-order valence-corrected chi connectivity index (χ0v) is 11.4.